The van der Waals surface area contributed by atoms with Crippen molar-refractivity contribution in [1.29, 1.82) is 0 Å². The predicted octanol–water partition coefficient (Wildman–Crippen LogP) is 3.72. The number of phenolic OH excluding ortho intramolecular Hbond substituents is 1. The minimum atomic E-state index is -1.06. The number of halogens is 2. The van der Waals surface area contributed by atoms with Gasteiger partial charge >= 0.3 is 0 Å². The number of amides is 1. The van der Waals surface area contributed by atoms with Gasteiger partial charge in [-0.1, -0.05) is 0 Å². The van der Waals surface area contributed by atoms with E-state index in [1.165, 1.54) is 17.4 Å². The van der Waals surface area contributed by atoms with Gasteiger partial charge in [-0.2, -0.15) is 0 Å². The van der Waals surface area contributed by atoms with Crippen LogP contribution in [-0.4, -0.2) is 16.0 Å². The fourth-order valence-electron chi connectivity index (χ4n) is 2.05. The van der Waals surface area contributed by atoms with E-state index in [0.717, 1.165) is 23.4 Å². The van der Waals surface area contributed by atoms with Crippen molar-refractivity contribution >= 4 is 17.2 Å². The van der Waals surface area contributed by atoms with Gasteiger partial charge in [0.1, 0.15) is 10.8 Å². The van der Waals surface area contributed by atoms with Crippen LogP contribution in [0, 0.1) is 11.6 Å². The van der Waals surface area contributed by atoms with E-state index in [-0.39, 0.29) is 17.9 Å². The van der Waals surface area contributed by atoms with Crippen molar-refractivity contribution in [2.24, 2.45) is 0 Å². The Morgan fingerprint density at radius 2 is 1.88 bits per heavy atom. The van der Waals surface area contributed by atoms with Crippen LogP contribution in [0.1, 0.15) is 15.4 Å². The molecule has 0 unspecified atom stereocenters. The minimum Gasteiger partial charge on any atom is -0.508 e. The summed E-state index contributed by atoms with van der Waals surface area (Å²) < 4.78 is 26.0. The number of aromatic hydroxyl groups is 1. The number of aromatic nitrogens is 1. The molecule has 7 heteroatoms. The molecule has 1 aromatic heterocycles. The molecule has 122 valence electrons. The number of phenols is 1. The first-order valence-electron chi connectivity index (χ1n) is 7.00. The molecule has 0 radical (unpaired) electrons. The topological polar surface area (TPSA) is 62.2 Å². The first-order valence-corrected chi connectivity index (χ1v) is 7.88. The summed E-state index contributed by atoms with van der Waals surface area (Å²) in [5.74, 6) is -2.39. The summed E-state index contributed by atoms with van der Waals surface area (Å²) in [6, 6.07) is 9.61. The number of carbonyl (C=O) groups is 1. The molecule has 0 fully saturated rings. The monoisotopic (exact) mass is 346 g/mol. The summed E-state index contributed by atoms with van der Waals surface area (Å²) in [7, 11) is 0. The zero-order chi connectivity index (χ0) is 17.1. The molecule has 0 saturated carbocycles. The summed E-state index contributed by atoms with van der Waals surface area (Å²) in [6.45, 7) is 0.181. The van der Waals surface area contributed by atoms with Crippen molar-refractivity contribution < 1.29 is 18.7 Å². The number of thiazole rings is 1. The summed E-state index contributed by atoms with van der Waals surface area (Å²) in [5.41, 5.74) is 1.63. The number of benzene rings is 2. The molecule has 0 atom stereocenters. The van der Waals surface area contributed by atoms with Crippen LogP contribution in [0.4, 0.5) is 8.78 Å². The Hall–Kier alpha value is -2.80. The van der Waals surface area contributed by atoms with E-state index in [0.29, 0.717) is 5.01 Å². The van der Waals surface area contributed by atoms with Crippen LogP contribution in [0.3, 0.4) is 0 Å². The summed E-state index contributed by atoms with van der Waals surface area (Å²) in [5, 5.41) is 14.4. The van der Waals surface area contributed by atoms with Gasteiger partial charge in [-0.25, -0.2) is 13.8 Å². The molecule has 0 saturated heterocycles. The third kappa shape index (κ3) is 3.57. The molecule has 1 amide bonds. The van der Waals surface area contributed by atoms with Crippen molar-refractivity contribution in [3.63, 3.8) is 0 Å². The van der Waals surface area contributed by atoms with Gasteiger partial charge in [-0.3, -0.25) is 4.79 Å². The molecule has 0 spiro atoms. The standard InChI is InChI=1S/C17H12F2N2O2S/c18-13-6-3-11(7-14(13)19)17(23)20-8-16-21-15(9-24-16)10-1-4-12(22)5-2-10/h1-7,9,22H,8H2,(H,20,23). The second-order valence-corrected chi connectivity index (χ2v) is 5.93. The fourth-order valence-corrected chi connectivity index (χ4v) is 2.80. The van der Waals surface area contributed by atoms with Crippen LogP contribution in [0.5, 0.6) is 5.75 Å². The van der Waals surface area contributed by atoms with Crippen LogP contribution in [-0.2, 0) is 6.54 Å². The van der Waals surface area contributed by atoms with E-state index < -0.39 is 17.5 Å². The average Bonchev–Trinajstić information content (AvgIpc) is 3.05. The molecule has 4 nitrogen and oxygen atoms in total. The van der Waals surface area contributed by atoms with Crippen molar-refractivity contribution in [2.75, 3.05) is 0 Å². The summed E-state index contributed by atoms with van der Waals surface area (Å²) in [6.07, 6.45) is 0. The second-order valence-electron chi connectivity index (χ2n) is 4.98. The smallest absolute Gasteiger partial charge is 0.251 e. The van der Waals surface area contributed by atoms with Crippen LogP contribution < -0.4 is 5.32 Å². The highest BCUT2D eigenvalue weighted by Crippen LogP contribution is 2.23. The number of rotatable bonds is 4. The van der Waals surface area contributed by atoms with Gasteiger partial charge in [0.05, 0.1) is 12.2 Å². The van der Waals surface area contributed by atoms with Gasteiger partial charge in [0.2, 0.25) is 0 Å². The van der Waals surface area contributed by atoms with E-state index in [1.54, 1.807) is 24.3 Å². The third-order valence-corrected chi connectivity index (χ3v) is 4.15. The van der Waals surface area contributed by atoms with Gasteiger partial charge in [-0.15, -0.1) is 11.3 Å². The van der Waals surface area contributed by atoms with Crippen molar-refractivity contribution in [1.82, 2.24) is 10.3 Å². The molecule has 1 heterocycles. The van der Waals surface area contributed by atoms with Gasteiger partial charge < -0.3 is 10.4 Å². The number of hydrogen-bond acceptors (Lipinski definition) is 4. The number of hydrogen-bond donors (Lipinski definition) is 2. The average molecular weight is 346 g/mol. The maximum atomic E-state index is 13.1. The maximum absolute atomic E-state index is 13.1. The Balaban J connectivity index is 1.65. The Bertz CT molecular complexity index is 879. The molecule has 0 aliphatic heterocycles. The quantitative estimate of drug-likeness (QED) is 0.757. The highest BCUT2D eigenvalue weighted by molar-refractivity contribution is 7.09. The van der Waals surface area contributed by atoms with Crippen molar-refractivity contribution in [2.45, 2.75) is 6.54 Å². The summed E-state index contributed by atoms with van der Waals surface area (Å²) in [4.78, 5) is 16.3. The third-order valence-electron chi connectivity index (χ3n) is 3.30. The number of nitrogens with zero attached hydrogens (tertiary/aromatic N) is 1. The van der Waals surface area contributed by atoms with Gasteiger partial charge in [-0.05, 0) is 42.5 Å². The lowest BCUT2D eigenvalue weighted by Crippen LogP contribution is -2.22. The first-order chi connectivity index (χ1) is 11.5. The fraction of sp³-hybridized carbons (Fsp3) is 0.0588. The largest absolute Gasteiger partial charge is 0.508 e. The lowest BCUT2D eigenvalue weighted by atomic mass is 10.2. The van der Waals surface area contributed by atoms with Gasteiger partial charge in [0.25, 0.3) is 5.91 Å². The Labute approximate surface area is 140 Å². The highest BCUT2D eigenvalue weighted by Gasteiger charge is 2.11. The molecule has 24 heavy (non-hydrogen) atoms. The van der Waals surface area contributed by atoms with E-state index in [9.17, 15) is 18.7 Å². The molecular weight excluding hydrogens is 334 g/mol. The first kappa shape index (κ1) is 16.1. The van der Waals surface area contributed by atoms with Crippen molar-refractivity contribution in [3.8, 4) is 17.0 Å². The Morgan fingerprint density at radius 3 is 2.58 bits per heavy atom. The molecule has 0 aliphatic rings. The molecule has 3 rings (SSSR count). The maximum Gasteiger partial charge on any atom is 0.251 e. The van der Waals surface area contributed by atoms with E-state index in [4.69, 9.17) is 0 Å². The Kier molecular flexibility index (Phi) is 4.52. The molecule has 2 aromatic carbocycles. The van der Waals surface area contributed by atoms with Gasteiger partial charge in [0.15, 0.2) is 11.6 Å². The van der Waals surface area contributed by atoms with Crippen LogP contribution in [0.25, 0.3) is 11.3 Å². The molecular formula is C17H12F2N2O2S. The van der Waals surface area contributed by atoms with Crippen LogP contribution in [0.15, 0.2) is 47.8 Å². The van der Waals surface area contributed by atoms with Gasteiger partial charge in [0, 0.05) is 16.5 Å². The lowest BCUT2D eigenvalue weighted by Gasteiger charge is -2.03. The zero-order valence-corrected chi connectivity index (χ0v) is 13.1. The Morgan fingerprint density at radius 1 is 1.12 bits per heavy atom. The summed E-state index contributed by atoms with van der Waals surface area (Å²) >= 11 is 1.37. The molecule has 0 bridgehead atoms. The number of carbonyl (C=O) groups excluding carboxylic acids is 1. The highest BCUT2D eigenvalue weighted by atomic mass is 32.1. The number of nitrogens with one attached hydrogen (secondary N) is 1. The van der Waals surface area contributed by atoms with Crippen LogP contribution >= 0.6 is 11.3 Å². The second kappa shape index (κ2) is 6.76. The molecule has 2 N–H and O–H groups in total. The van der Waals surface area contributed by atoms with Crippen LogP contribution in [0.2, 0.25) is 0 Å². The van der Waals surface area contributed by atoms with E-state index in [2.05, 4.69) is 10.3 Å². The van der Waals surface area contributed by atoms with E-state index >= 15 is 0 Å². The predicted molar refractivity (Wildman–Crippen MR) is 86.7 cm³/mol. The SMILES string of the molecule is O=C(NCc1nc(-c2ccc(O)cc2)cs1)c1ccc(F)c(F)c1. The molecule has 3 aromatic rings. The zero-order valence-electron chi connectivity index (χ0n) is 12.3. The molecule has 0 aliphatic carbocycles. The van der Waals surface area contributed by atoms with E-state index in [1.807, 2.05) is 5.38 Å². The lowest BCUT2D eigenvalue weighted by molar-refractivity contribution is 0.0950. The van der Waals surface area contributed by atoms with Crippen molar-refractivity contribution in [3.05, 3.63) is 70.1 Å². The normalized spacial score (nSPS) is 10.6. The minimum absolute atomic E-state index is 0.0456.